The summed E-state index contributed by atoms with van der Waals surface area (Å²) in [6.07, 6.45) is 2.18. The molecule has 3 nitrogen and oxygen atoms in total. The number of rotatable bonds is 1. The lowest BCUT2D eigenvalue weighted by Crippen LogP contribution is -2.38. The zero-order chi connectivity index (χ0) is 6.69. The van der Waals surface area contributed by atoms with Crippen molar-refractivity contribution < 1.29 is 10.2 Å². The lowest BCUT2D eigenvalue weighted by molar-refractivity contribution is -0.159. The summed E-state index contributed by atoms with van der Waals surface area (Å²) in [6.45, 7) is 1.66. The number of aliphatic hydroxyl groups excluding tert-OH is 1. The minimum Gasteiger partial charge on any atom is -0.356 e. The highest BCUT2D eigenvalue weighted by molar-refractivity contribution is 4.61. The molecule has 3 heteroatoms. The van der Waals surface area contributed by atoms with Gasteiger partial charge in [-0.1, -0.05) is 6.42 Å². The van der Waals surface area contributed by atoms with Gasteiger partial charge in [0.25, 0.3) is 0 Å². The van der Waals surface area contributed by atoms with Gasteiger partial charge in [0, 0.05) is 13.1 Å². The Hall–Kier alpha value is -0.120. The third-order valence-corrected chi connectivity index (χ3v) is 1.72. The van der Waals surface area contributed by atoms with Gasteiger partial charge >= 0.3 is 0 Å². The average molecular weight is 131 g/mol. The van der Waals surface area contributed by atoms with Gasteiger partial charge in [0.15, 0.2) is 0 Å². The van der Waals surface area contributed by atoms with Crippen molar-refractivity contribution in [2.45, 2.75) is 25.7 Å². The first-order valence-corrected chi connectivity index (χ1v) is 3.41. The SMILES string of the molecule is OC(O)N1CCCCC1. The van der Waals surface area contributed by atoms with E-state index in [1.807, 2.05) is 0 Å². The monoisotopic (exact) mass is 131 g/mol. The minimum atomic E-state index is -1.23. The van der Waals surface area contributed by atoms with Gasteiger partial charge in [0.1, 0.15) is 0 Å². The fourth-order valence-corrected chi connectivity index (χ4v) is 1.15. The van der Waals surface area contributed by atoms with E-state index in [9.17, 15) is 0 Å². The van der Waals surface area contributed by atoms with Crippen LogP contribution in [-0.4, -0.2) is 34.6 Å². The van der Waals surface area contributed by atoms with Crippen LogP contribution in [0.3, 0.4) is 0 Å². The zero-order valence-corrected chi connectivity index (χ0v) is 5.45. The Morgan fingerprint density at radius 3 is 1.89 bits per heavy atom. The molecule has 0 saturated carbocycles. The van der Waals surface area contributed by atoms with E-state index in [4.69, 9.17) is 10.2 Å². The molecular formula is C6H13NO2. The molecule has 1 fully saturated rings. The van der Waals surface area contributed by atoms with Crippen molar-refractivity contribution in [3.63, 3.8) is 0 Å². The Bertz CT molecular complexity index is 79.1. The molecule has 2 N–H and O–H groups in total. The van der Waals surface area contributed by atoms with Crippen molar-refractivity contribution in [3.05, 3.63) is 0 Å². The first-order chi connectivity index (χ1) is 4.30. The summed E-state index contributed by atoms with van der Waals surface area (Å²) in [4.78, 5) is 1.67. The number of hydrogen-bond acceptors (Lipinski definition) is 3. The third kappa shape index (κ3) is 1.93. The van der Waals surface area contributed by atoms with Gasteiger partial charge in [-0.25, -0.2) is 0 Å². The summed E-state index contributed by atoms with van der Waals surface area (Å²) >= 11 is 0. The summed E-state index contributed by atoms with van der Waals surface area (Å²) in [5, 5.41) is 17.3. The number of aliphatic hydroxyl groups is 2. The maximum absolute atomic E-state index is 8.66. The molecule has 0 aliphatic carbocycles. The Kier molecular flexibility index (Phi) is 2.45. The maximum atomic E-state index is 8.66. The van der Waals surface area contributed by atoms with Crippen molar-refractivity contribution in [1.29, 1.82) is 0 Å². The molecule has 54 valence electrons. The molecule has 0 unspecified atom stereocenters. The molecule has 0 amide bonds. The van der Waals surface area contributed by atoms with Crippen LogP contribution in [0.15, 0.2) is 0 Å². The molecule has 0 aromatic carbocycles. The van der Waals surface area contributed by atoms with E-state index >= 15 is 0 Å². The third-order valence-electron chi connectivity index (χ3n) is 1.72. The van der Waals surface area contributed by atoms with Crippen LogP contribution < -0.4 is 0 Å². The van der Waals surface area contributed by atoms with Crippen molar-refractivity contribution in [2.75, 3.05) is 13.1 Å². The number of likely N-dealkylation sites (tertiary alicyclic amines) is 1. The predicted octanol–water partition coefficient (Wildman–Crippen LogP) is -0.260. The summed E-state index contributed by atoms with van der Waals surface area (Å²) in [5.41, 5.74) is 0. The molecule has 0 bridgehead atoms. The van der Waals surface area contributed by atoms with Crippen LogP contribution in [0, 0.1) is 0 Å². The van der Waals surface area contributed by atoms with Gasteiger partial charge in [-0.15, -0.1) is 0 Å². The maximum Gasteiger partial charge on any atom is 0.213 e. The molecule has 1 rings (SSSR count). The van der Waals surface area contributed by atoms with Gasteiger partial charge in [0.2, 0.25) is 6.41 Å². The smallest absolute Gasteiger partial charge is 0.213 e. The molecule has 0 aromatic heterocycles. The van der Waals surface area contributed by atoms with Gasteiger partial charge < -0.3 is 10.2 Å². The van der Waals surface area contributed by atoms with Crippen LogP contribution in [0.1, 0.15) is 19.3 Å². The summed E-state index contributed by atoms with van der Waals surface area (Å²) in [5.74, 6) is 0. The number of hydrogen-bond donors (Lipinski definition) is 2. The summed E-state index contributed by atoms with van der Waals surface area (Å²) in [6, 6.07) is 0. The zero-order valence-electron chi connectivity index (χ0n) is 5.45. The Morgan fingerprint density at radius 1 is 1.00 bits per heavy atom. The fourth-order valence-electron chi connectivity index (χ4n) is 1.15. The summed E-state index contributed by atoms with van der Waals surface area (Å²) < 4.78 is 0. The van der Waals surface area contributed by atoms with Crippen LogP contribution in [0.25, 0.3) is 0 Å². The highest BCUT2D eigenvalue weighted by Gasteiger charge is 2.14. The van der Waals surface area contributed by atoms with Crippen LogP contribution in [0.4, 0.5) is 0 Å². The molecule has 1 saturated heterocycles. The lowest BCUT2D eigenvalue weighted by Gasteiger charge is -2.27. The van der Waals surface area contributed by atoms with E-state index in [0.29, 0.717) is 0 Å². The quantitative estimate of drug-likeness (QED) is 0.482. The van der Waals surface area contributed by atoms with E-state index in [1.165, 1.54) is 6.42 Å². The fraction of sp³-hybridized carbons (Fsp3) is 1.00. The molecule has 0 spiro atoms. The van der Waals surface area contributed by atoms with Crippen molar-refractivity contribution in [2.24, 2.45) is 0 Å². The van der Waals surface area contributed by atoms with Gasteiger partial charge in [-0.3, -0.25) is 4.90 Å². The Balaban J connectivity index is 2.23. The number of nitrogens with zero attached hydrogens (tertiary/aromatic N) is 1. The highest BCUT2D eigenvalue weighted by Crippen LogP contribution is 2.08. The van der Waals surface area contributed by atoms with Crippen molar-refractivity contribution in [1.82, 2.24) is 4.90 Å². The summed E-state index contributed by atoms with van der Waals surface area (Å²) in [7, 11) is 0. The first-order valence-electron chi connectivity index (χ1n) is 3.41. The van der Waals surface area contributed by atoms with Crippen LogP contribution >= 0.6 is 0 Å². The largest absolute Gasteiger partial charge is 0.356 e. The van der Waals surface area contributed by atoms with Crippen molar-refractivity contribution >= 4 is 0 Å². The van der Waals surface area contributed by atoms with Gasteiger partial charge in [0.05, 0.1) is 0 Å². The van der Waals surface area contributed by atoms with E-state index < -0.39 is 6.41 Å². The van der Waals surface area contributed by atoms with Gasteiger partial charge in [-0.05, 0) is 12.8 Å². The molecular weight excluding hydrogens is 118 g/mol. The van der Waals surface area contributed by atoms with Gasteiger partial charge in [-0.2, -0.15) is 0 Å². The highest BCUT2D eigenvalue weighted by atomic mass is 16.5. The Morgan fingerprint density at radius 2 is 1.56 bits per heavy atom. The van der Waals surface area contributed by atoms with E-state index in [1.54, 1.807) is 4.90 Å². The molecule has 0 radical (unpaired) electrons. The molecule has 1 aliphatic rings. The van der Waals surface area contributed by atoms with E-state index in [2.05, 4.69) is 0 Å². The minimum absolute atomic E-state index is 0.831. The normalized spacial score (nSPS) is 23.0. The lowest BCUT2D eigenvalue weighted by atomic mass is 10.1. The number of piperidine rings is 1. The van der Waals surface area contributed by atoms with E-state index in [-0.39, 0.29) is 0 Å². The van der Waals surface area contributed by atoms with E-state index in [0.717, 1.165) is 25.9 Å². The van der Waals surface area contributed by atoms with Crippen LogP contribution in [0.5, 0.6) is 0 Å². The molecule has 9 heavy (non-hydrogen) atoms. The second-order valence-corrected chi connectivity index (χ2v) is 2.44. The predicted molar refractivity (Wildman–Crippen MR) is 33.6 cm³/mol. The average Bonchev–Trinajstić information content (AvgIpc) is 1.90. The molecule has 1 aliphatic heterocycles. The second-order valence-electron chi connectivity index (χ2n) is 2.44. The van der Waals surface area contributed by atoms with Crippen LogP contribution in [-0.2, 0) is 0 Å². The van der Waals surface area contributed by atoms with Crippen molar-refractivity contribution in [3.8, 4) is 0 Å². The molecule has 0 aromatic rings. The standard InChI is InChI=1S/C6H13NO2/c8-6(9)7-4-2-1-3-5-7/h6,8-9H,1-5H2. The Labute approximate surface area is 54.9 Å². The topological polar surface area (TPSA) is 43.7 Å². The molecule has 1 heterocycles. The first kappa shape index (κ1) is 6.99. The second kappa shape index (κ2) is 3.15. The molecule has 0 atom stereocenters. The van der Waals surface area contributed by atoms with Crippen LogP contribution in [0.2, 0.25) is 0 Å².